The van der Waals surface area contributed by atoms with Gasteiger partial charge < -0.3 is 14.2 Å². The SMILES string of the molecule is CC(F)(F)OC(F)(F)C(F)(F)F.CCOC(C)(F)F.CCOCC.CCOCC. The normalized spacial score (nSPS) is 12.0. The number of rotatable bonds is 8. The minimum absolute atomic E-state index is 0.0590. The zero-order chi connectivity index (χ0) is 24.4. The van der Waals surface area contributed by atoms with E-state index in [1.54, 1.807) is 0 Å². The molecule has 0 saturated carbocycles. The van der Waals surface area contributed by atoms with Gasteiger partial charge in [-0.3, -0.25) is 0 Å². The third-order valence-electron chi connectivity index (χ3n) is 1.85. The Bertz CT molecular complexity index is 331. The number of hydrogen-bond acceptors (Lipinski definition) is 4. The smallest absolute Gasteiger partial charge is 0.382 e. The maximum absolute atomic E-state index is 11.6. The average molecular weight is 458 g/mol. The van der Waals surface area contributed by atoms with Crippen LogP contribution >= 0.6 is 0 Å². The molecule has 0 spiro atoms. The first-order valence-electron chi connectivity index (χ1n) is 8.54. The Balaban J connectivity index is -0.000000157. The predicted octanol–water partition coefficient (Wildman–Crippen LogP) is 6.49. The van der Waals surface area contributed by atoms with Crippen molar-refractivity contribution in [1.29, 1.82) is 0 Å². The molecule has 4 nitrogen and oxygen atoms in total. The summed E-state index contributed by atoms with van der Waals surface area (Å²) in [6.07, 6.45) is -19.4. The minimum Gasteiger partial charge on any atom is -0.382 e. The zero-order valence-corrected chi connectivity index (χ0v) is 17.6. The molecule has 0 aromatic rings. The van der Waals surface area contributed by atoms with E-state index in [2.05, 4.69) is 9.47 Å². The van der Waals surface area contributed by atoms with Crippen LogP contribution in [0.3, 0.4) is 0 Å². The van der Waals surface area contributed by atoms with Crippen LogP contribution in [0, 0.1) is 0 Å². The van der Waals surface area contributed by atoms with E-state index in [0.717, 1.165) is 33.4 Å². The van der Waals surface area contributed by atoms with Gasteiger partial charge in [-0.05, 0) is 34.6 Å². The van der Waals surface area contributed by atoms with E-state index < -0.39 is 24.5 Å². The van der Waals surface area contributed by atoms with Crippen LogP contribution < -0.4 is 0 Å². The van der Waals surface area contributed by atoms with Crippen molar-refractivity contribution in [3.05, 3.63) is 0 Å². The largest absolute Gasteiger partial charge is 0.483 e. The molecule has 0 atom stereocenters. The Morgan fingerprint density at radius 1 is 0.517 bits per heavy atom. The van der Waals surface area contributed by atoms with Crippen molar-refractivity contribution in [2.45, 2.75) is 73.0 Å². The Labute approximate surface area is 165 Å². The minimum atomic E-state index is -6.13. The van der Waals surface area contributed by atoms with E-state index in [9.17, 15) is 39.5 Å². The summed E-state index contributed by atoms with van der Waals surface area (Å²) >= 11 is 0. The fraction of sp³-hybridized carbons (Fsp3) is 1.00. The molecular formula is C16H31F9O4. The highest BCUT2D eigenvalue weighted by Crippen LogP contribution is 2.39. The first-order chi connectivity index (χ1) is 12.8. The molecule has 0 saturated heterocycles. The van der Waals surface area contributed by atoms with Crippen LogP contribution in [0.4, 0.5) is 39.5 Å². The van der Waals surface area contributed by atoms with Crippen molar-refractivity contribution >= 4 is 0 Å². The van der Waals surface area contributed by atoms with Gasteiger partial charge in [-0.1, -0.05) is 0 Å². The van der Waals surface area contributed by atoms with Crippen LogP contribution in [0.1, 0.15) is 48.5 Å². The van der Waals surface area contributed by atoms with Gasteiger partial charge in [-0.15, -0.1) is 0 Å². The molecule has 0 radical (unpaired) electrons. The van der Waals surface area contributed by atoms with Crippen LogP contribution in [0.25, 0.3) is 0 Å². The molecule has 0 aliphatic carbocycles. The molecule has 0 aromatic carbocycles. The zero-order valence-electron chi connectivity index (χ0n) is 17.6. The van der Waals surface area contributed by atoms with Crippen molar-refractivity contribution in [3.63, 3.8) is 0 Å². The van der Waals surface area contributed by atoms with Crippen LogP contribution in [0.2, 0.25) is 0 Å². The Morgan fingerprint density at radius 2 is 0.828 bits per heavy atom. The molecule has 0 amide bonds. The van der Waals surface area contributed by atoms with Crippen molar-refractivity contribution in [3.8, 4) is 0 Å². The molecule has 0 fully saturated rings. The highest BCUT2D eigenvalue weighted by atomic mass is 19.4. The van der Waals surface area contributed by atoms with E-state index in [1.165, 1.54) is 6.92 Å². The molecule has 0 N–H and O–H groups in total. The number of halogens is 9. The van der Waals surface area contributed by atoms with Crippen LogP contribution in [-0.4, -0.2) is 57.5 Å². The second kappa shape index (κ2) is 18.0. The monoisotopic (exact) mass is 458 g/mol. The maximum Gasteiger partial charge on any atom is 0.483 e. The highest BCUT2D eigenvalue weighted by molar-refractivity contribution is 4.65. The van der Waals surface area contributed by atoms with E-state index in [0.29, 0.717) is 0 Å². The summed E-state index contributed by atoms with van der Waals surface area (Å²) in [7, 11) is 0. The summed E-state index contributed by atoms with van der Waals surface area (Å²) in [6.45, 7) is 13.4. The lowest BCUT2D eigenvalue weighted by molar-refractivity contribution is -0.452. The lowest BCUT2D eigenvalue weighted by Crippen LogP contribution is -2.43. The summed E-state index contributed by atoms with van der Waals surface area (Å²) in [6, 6.07) is 0. The summed E-state index contributed by atoms with van der Waals surface area (Å²) < 4.78 is 119. The molecule has 182 valence electrons. The molecule has 0 rings (SSSR count). The summed E-state index contributed by atoms with van der Waals surface area (Å²) in [5.74, 6) is 0. The van der Waals surface area contributed by atoms with Crippen molar-refractivity contribution < 1.29 is 58.5 Å². The molecule has 0 unspecified atom stereocenters. The van der Waals surface area contributed by atoms with Crippen molar-refractivity contribution in [2.24, 2.45) is 0 Å². The summed E-state index contributed by atoms with van der Waals surface area (Å²) in [4.78, 5) is 0. The molecule has 0 aliphatic heterocycles. The van der Waals surface area contributed by atoms with Gasteiger partial charge in [-0.25, -0.2) is 4.74 Å². The molecule has 29 heavy (non-hydrogen) atoms. The topological polar surface area (TPSA) is 36.9 Å². The second-order valence-electron chi connectivity index (χ2n) is 4.73. The molecule has 0 bridgehead atoms. The van der Waals surface area contributed by atoms with Crippen LogP contribution in [0.15, 0.2) is 0 Å². The number of ether oxygens (including phenoxy) is 4. The van der Waals surface area contributed by atoms with Gasteiger partial charge in [0.2, 0.25) is 0 Å². The fourth-order valence-electron chi connectivity index (χ4n) is 0.945. The van der Waals surface area contributed by atoms with E-state index in [-0.39, 0.29) is 13.5 Å². The third kappa shape index (κ3) is 35.1. The van der Waals surface area contributed by atoms with E-state index in [1.807, 2.05) is 27.7 Å². The standard InChI is InChI=1S/C4H3F7O.C4H8F2O.2C4H10O/c1-2(5,6)12-4(10,11)3(7,8)9;1-3-7-4(2,5)6;2*1-3-5-4-2/h1H3;3H2,1-2H3;2*3-4H2,1-2H3. The molecule has 13 heteroatoms. The van der Waals surface area contributed by atoms with Crippen LogP contribution in [0.5, 0.6) is 0 Å². The Kier molecular flexibility index (Phi) is 22.1. The Morgan fingerprint density at radius 3 is 0.862 bits per heavy atom. The van der Waals surface area contributed by atoms with Gasteiger partial charge in [0, 0.05) is 40.3 Å². The van der Waals surface area contributed by atoms with Gasteiger partial charge in [0.15, 0.2) is 0 Å². The molecule has 0 aromatic heterocycles. The third-order valence-corrected chi connectivity index (χ3v) is 1.85. The summed E-state index contributed by atoms with van der Waals surface area (Å²) in [5.41, 5.74) is 0. The van der Waals surface area contributed by atoms with Crippen molar-refractivity contribution in [1.82, 2.24) is 0 Å². The second-order valence-corrected chi connectivity index (χ2v) is 4.73. The van der Waals surface area contributed by atoms with E-state index in [4.69, 9.17) is 9.47 Å². The van der Waals surface area contributed by atoms with Crippen LogP contribution in [-0.2, 0) is 18.9 Å². The molecule has 0 heterocycles. The quantitative estimate of drug-likeness (QED) is 0.390. The highest BCUT2D eigenvalue weighted by Gasteiger charge is 2.62. The Hall–Kier alpha value is -0.790. The maximum atomic E-state index is 11.6. The van der Waals surface area contributed by atoms with Crippen molar-refractivity contribution in [2.75, 3.05) is 33.0 Å². The fourth-order valence-corrected chi connectivity index (χ4v) is 0.945. The average Bonchev–Trinajstić information content (AvgIpc) is 2.46. The lowest BCUT2D eigenvalue weighted by Gasteiger charge is -2.22. The first-order valence-corrected chi connectivity index (χ1v) is 8.54. The first kappa shape index (κ1) is 35.6. The lowest BCUT2D eigenvalue weighted by atomic mass is 10.6. The summed E-state index contributed by atoms with van der Waals surface area (Å²) in [5, 5.41) is 0. The van der Waals surface area contributed by atoms with Gasteiger partial charge in [0.25, 0.3) is 0 Å². The predicted molar refractivity (Wildman–Crippen MR) is 89.3 cm³/mol. The van der Waals surface area contributed by atoms with Gasteiger partial charge >= 0.3 is 24.5 Å². The van der Waals surface area contributed by atoms with Gasteiger partial charge in [0.05, 0.1) is 6.61 Å². The van der Waals surface area contributed by atoms with Gasteiger partial charge in [-0.2, -0.15) is 39.5 Å². The van der Waals surface area contributed by atoms with Gasteiger partial charge in [0.1, 0.15) is 0 Å². The number of alkyl halides is 9. The molecule has 0 aliphatic rings. The number of hydrogen-bond donors (Lipinski definition) is 0. The van der Waals surface area contributed by atoms with E-state index >= 15 is 0 Å². The molecular weight excluding hydrogens is 427 g/mol.